The Kier molecular flexibility index (Phi) is 4.48. The smallest absolute Gasteiger partial charge is 0.137 e. The summed E-state index contributed by atoms with van der Waals surface area (Å²) in [5.41, 5.74) is 3.36. The maximum atomic E-state index is 11.6. The lowest BCUT2D eigenvalue weighted by atomic mass is 9.87. The Labute approximate surface area is 194 Å². The van der Waals surface area contributed by atoms with Gasteiger partial charge in [-0.25, -0.2) is 9.97 Å². The van der Waals surface area contributed by atoms with Crippen LogP contribution in [0.15, 0.2) is 78.1 Å². The largest absolute Gasteiger partial charge is 0.385 e. The lowest BCUT2D eigenvalue weighted by Crippen LogP contribution is -2.28. The minimum atomic E-state index is -1.33. The maximum Gasteiger partial charge on any atom is 0.137 e. The fraction of sp³-hybridized carbons (Fsp3) is 0.192. The minimum Gasteiger partial charge on any atom is -0.385 e. The molecule has 4 aromatic heterocycles. The van der Waals surface area contributed by atoms with Gasteiger partial charge in [0.15, 0.2) is 0 Å². The van der Waals surface area contributed by atoms with Gasteiger partial charge in [-0.05, 0) is 42.7 Å². The molecular weight excluding hydrogens is 432 g/mol. The number of hydrogen-bond acceptors (Lipinski definition) is 6. The van der Waals surface area contributed by atoms with Crippen LogP contribution in [0.5, 0.6) is 0 Å². The van der Waals surface area contributed by atoms with Crippen LogP contribution in [0.2, 0.25) is 0 Å². The standard InChI is InChI=1S/C26H22N4O2S/c1-25(31)15-26(32,22-20(25)8-4-11-27-22)17-6-2-5-16(9-10-17)21-14-33-24(30-21)19-13-29-23-18(19)7-3-12-28-23/h2-8,10-14,31-32H,9,15H2,1H3,(H,28,29)/t25-,26-/m0/s1. The molecule has 0 unspecified atom stereocenters. The number of nitrogens with zero attached hydrogens (tertiary/aromatic N) is 3. The molecule has 0 saturated heterocycles. The van der Waals surface area contributed by atoms with Crippen molar-refractivity contribution < 1.29 is 10.2 Å². The number of aliphatic hydroxyl groups is 2. The molecule has 0 amide bonds. The SMILES string of the molecule is C[C@]1(O)C[C@](O)(C2=CCC(c3csc(-c4c[nH]c5ncccc45)n3)=CC=C2)c2ncccc21. The predicted molar refractivity (Wildman–Crippen MR) is 129 cm³/mol. The first-order valence-electron chi connectivity index (χ1n) is 10.8. The van der Waals surface area contributed by atoms with E-state index in [0.717, 1.165) is 38.4 Å². The highest BCUT2D eigenvalue weighted by molar-refractivity contribution is 7.13. The first kappa shape index (κ1) is 20.2. The maximum absolute atomic E-state index is 11.6. The molecular formula is C26H22N4O2S. The van der Waals surface area contributed by atoms with Crippen LogP contribution < -0.4 is 0 Å². The summed E-state index contributed by atoms with van der Waals surface area (Å²) in [6, 6.07) is 7.60. The topological polar surface area (TPSA) is 94.9 Å². The van der Waals surface area contributed by atoms with E-state index in [-0.39, 0.29) is 6.42 Å². The molecule has 7 heteroatoms. The van der Waals surface area contributed by atoms with Crippen molar-refractivity contribution >= 4 is 27.9 Å². The van der Waals surface area contributed by atoms with Crippen molar-refractivity contribution in [3.8, 4) is 10.6 Å². The molecule has 2 atom stereocenters. The second kappa shape index (κ2) is 7.31. The Balaban J connectivity index is 1.31. The highest BCUT2D eigenvalue weighted by Gasteiger charge is 2.51. The molecule has 2 aliphatic carbocycles. The van der Waals surface area contributed by atoms with Gasteiger partial charge in [-0.1, -0.05) is 30.4 Å². The number of thiazole rings is 1. The second-order valence-electron chi connectivity index (χ2n) is 8.76. The molecule has 0 bridgehead atoms. The monoisotopic (exact) mass is 454 g/mol. The molecule has 164 valence electrons. The summed E-state index contributed by atoms with van der Waals surface area (Å²) in [6.07, 6.45) is 14.1. The number of pyridine rings is 2. The van der Waals surface area contributed by atoms with Crippen molar-refractivity contribution in [3.05, 3.63) is 95.1 Å². The first-order valence-corrected chi connectivity index (χ1v) is 11.7. The van der Waals surface area contributed by atoms with Gasteiger partial charge >= 0.3 is 0 Å². The zero-order chi connectivity index (χ0) is 22.6. The normalized spacial score (nSPS) is 24.5. The van der Waals surface area contributed by atoms with Crippen molar-refractivity contribution in [2.75, 3.05) is 0 Å². The Hall–Kier alpha value is -3.39. The van der Waals surface area contributed by atoms with Crippen molar-refractivity contribution in [2.24, 2.45) is 0 Å². The minimum absolute atomic E-state index is 0.174. The Bertz CT molecular complexity index is 1480. The fourth-order valence-electron chi connectivity index (χ4n) is 4.88. The van der Waals surface area contributed by atoms with E-state index in [1.54, 1.807) is 36.7 Å². The second-order valence-corrected chi connectivity index (χ2v) is 9.62. The highest BCUT2D eigenvalue weighted by Crippen LogP contribution is 2.50. The molecule has 0 fully saturated rings. The fourth-order valence-corrected chi connectivity index (χ4v) is 5.76. The number of nitrogens with one attached hydrogen (secondary N) is 1. The van der Waals surface area contributed by atoms with Gasteiger partial charge in [-0.15, -0.1) is 11.3 Å². The molecule has 0 aromatic carbocycles. The molecule has 6 rings (SSSR count). The summed E-state index contributed by atoms with van der Waals surface area (Å²) < 4.78 is 0. The quantitative estimate of drug-likeness (QED) is 0.411. The van der Waals surface area contributed by atoms with Gasteiger partial charge in [0, 0.05) is 46.9 Å². The van der Waals surface area contributed by atoms with Crippen molar-refractivity contribution in [1.82, 2.24) is 19.9 Å². The summed E-state index contributed by atoms with van der Waals surface area (Å²) >= 11 is 1.60. The van der Waals surface area contributed by atoms with Crippen LogP contribution in [-0.2, 0) is 11.2 Å². The van der Waals surface area contributed by atoms with E-state index in [2.05, 4.69) is 20.3 Å². The first-order chi connectivity index (χ1) is 16.0. The molecule has 33 heavy (non-hydrogen) atoms. The molecule has 6 nitrogen and oxygen atoms in total. The van der Waals surface area contributed by atoms with Gasteiger partial charge in [-0.2, -0.15) is 0 Å². The van der Waals surface area contributed by atoms with E-state index >= 15 is 0 Å². The van der Waals surface area contributed by atoms with Gasteiger partial charge in [0.2, 0.25) is 0 Å². The predicted octanol–water partition coefficient (Wildman–Crippen LogP) is 4.85. The van der Waals surface area contributed by atoms with E-state index in [9.17, 15) is 10.2 Å². The molecule has 0 spiro atoms. The van der Waals surface area contributed by atoms with Gasteiger partial charge < -0.3 is 15.2 Å². The number of aromatic nitrogens is 4. The van der Waals surface area contributed by atoms with Crippen LogP contribution in [0, 0.1) is 0 Å². The average Bonchev–Trinajstić information content (AvgIpc) is 3.45. The number of aromatic amines is 1. The van der Waals surface area contributed by atoms with Crippen molar-refractivity contribution in [1.29, 1.82) is 0 Å². The number of fused-ring (bicyclic) bond motifs is 2. The summed E-state index contributed by atoms with van der Waals surface area (Å²) in [5, 5.41) is 26.6. The number of rotatable bonds is 3. The zero-order valence-electron chi connectivity index (χ0n) is 18.0. The molecule has 0 aliphatic heterocycles. The molecule has 2 aliphatic rings. The van der Waals surface area contributed by atoms with Crippen LogP contribution >= 0.6 is 11.3 Å². The van der Waals surface area contributed by atoms with Crippen LogP contribution in [0.4, 0.5) is 0 Å². The van der Waals surface area contributed by atoms with Gasteiger partial charge in [0.05, 0.1) is 17.0 Å². The summed E-state index contributed by atoms with van der Waals surface area (Å²) in [5.74, 6) is 0. The van der Waals surface area contributed by atoms with Crippen LogP contribution in [0.25, 0.3) is 27.2 Å². The Morgan fingerprint density at radius 2 is 1.97 bits per heavy atom. The summed E-state index contributed by atoms with van der Waals surface area (Å²) in [4.78, 5) is 16.9. The van der Waals surface area contributed by atoms with Gasteiger partial charge in [-0.3, -0.25) is 4.98 Å². The third-order valence-electron chi connectivity index (χ3n) is 6.49. The number of allylic oxidation sites excluding steroid dienone is 4. The lowest BCUT2D eigenvalue weighted by Gasteiger charge is -2.26. The van der Waals surface area contributed by atoms with E-state index in [0.29, 0.717) is 17.7 Å². The van der Waals surface area contributed by atoms with E-state index in [1.165, 1.54) is 0 Å². The van der Waals surface area contributed by atoms with Crippen LogP contribution in [0.3, 0.4) is 0 Å². The third-order valence-corrected chi connectivity index (χ3v) is 7.36. The van der Waals surface area contributed by atoms with E-state index in [4.69, 9.17) is 4.98 Å². The molecule has 0 saturated carbocycles. The molecule has 4 heterocycles. The lowest BCUT2D eigenvalue weighted by molar-refractivity contribution is -0.0148. The van der Waals surface area contributed by atoms with Crippen molar-refractivity contribution in [3.63, 3.8) is 0 Å². The van der Waals surface area contributed by atoms with Crippen LogP contribution in [-0.4, -0.2) is 30.1 Å². The van der Waals surface area contributed by atoms with Crippen LogP contribution in [0.1, 0.15) is 36.7 Å². The molecule has 0 radical (unpaired) electrons. The third kappa shape index (κ3) is 3.20. The summed E-state index contributed by atoms with van der Waals surface area (Å²) in [7, 11) is 0. The number of hydrogen-bond donors (Lipinski definition) is 3. The summed E-state index contributed by atoms with van der Waals surface area (Å²) in [6.45, 7) is 1.73. The van der Waals surface area contributed by atoms with E-state index < -0.39 is 11.2 Å². The highest BCUT2D eigenvalue weighted by atomic mass is 32.1. The molecule has 4 aromatic rings. The Morgan fingerprint density at radius 1 is 1.12 bits per heavy atom. The van der Waals surface area contributed by atoms with Gasteiger partial charge in [0.1, 0.15) is 16.3 Å². The zero-order valence-corrected chi connectivity index (χ0v) is 18.8. The Morgan fingerprint density at radius 3 is 2.88 bits per heavy atom. The average molecular weight is 455 g/mol. The van der Waals surface area contributed by atoms with Crippen molar-refractivity contribution in [2.45, 2.75) is 31.0 Å². The van der Waals surface area contributed by atoms with E-state index in [1.807, 2.05) is 48.7 Å². The number of H-pyrrole nitrogens is 1. The van der Waals surface area contributed by atoms with Gasteiger partial charge in [0.25, 0.3) is 0 Å². The molecule has 3 N–H and O–H groups in total.